The Labute approximate surface area is 206 Å². The van der Waals surface area contributed by atoms with Gasteiger partial charge in [-0.1, -0.05) is 17.7 Å². The van der Waals surface area contributed by atoms with E-state index in [2.05, 4.69) is 35.4 Å². The minimum atomic E-state index is -0.691. The van der Waals surface area contributed by atoms with Crippen molar-refractivity contribution in [2.24, 2.45) is 0 Å². The lowest BCUT2D eigenvalue weighted by molar-refractivity contribution is 0.131. The van der Waals surface area contributed by atoms with Crippen molar-refractivity contribution >= 4 is 34.1 Å². The van der Waals surface area contributed by atoms with E-state index in [0.29, 0.717) is 66.1 Å². The van der Waals surface area contributed by atoms with Crippen molar-refractivity contribution in [3.8, 4) is 11.6 Å². The number of aromatic nitrogens is 5. The molecule has 35 heavy (non-hydrogen) atoms. The maximum Gasteiger partial charge on any atom is 0.246 e. The molecule has 0 radical (unpaired) electrons. The molecule has 0 atom stereocenters. The van der Waals surface area contributed by atoms with Gasteiger partial charge in [0.15, 0.2) is 5.65 Å². The van der Waals surface area contributed by atoms with Crippen LogP contribution >= 0.6 is 11.6 Å². The standard InChI is InChI=1S/C24H25ClFN7O2/c25-19-13-17(4-5-20(19)35-14-18-3-1-2-8-27-18)30-22-21-23(29-15-28-22)31-32-24(21)34-12-11-33-9-6-16(26)7-10-33/h1-5,8,13,15-16H,6-7,9-12,14H2,(H2,28,29,30,31,32). The first kappa shape index (κ1) is 23.3. The summed E-state index contributed by atoms with van der Waals surface area (Å²) in [5.41, 5.74) is 2.09. The molecule has 0 unspecified atom stereocenters. The van der Waals surface area contributed by atoms with Crippen LogP contribution < -0.4 is 14.8 Å². The van der Waals surface area contributed by atoms with Gasteiger partial charge in [0, 0.05) is 31.5 Å². The van der Waals surface area contributed by atoms with E-state index in [4.69, 9.17) is 21.1 Å². The van der Waals surface area contributed by atoms with Gasteiger partial charge in [-0.05, 0) is 43.2 Å². The summed E-state index contributed by atoms with van der Waals surface area (Å²) < 4.78 is 25.1. The van der Waals surface area contributed by atoms with E-state index in [-0.39, 0.29) is 0 Å². The van der Waals surface area contributed by atoms with Crippen molar-refractivity contribution < 1.29 is 13.9 Å². The molecule has 9 nitrogen and oxygen atoms in total. The number of benzene rings is 1. The minimum Gasteiger partial charge on any atom is -0.486 e. The third kappa shape index (κ3) is 5.77. The first-order valence-electron chi connectivity index (χ1n) is 11.4. The number of alkyl halides is 1. The molecule has 0 spiro atoms. The molecule has 4 heterocycles. The topological polar surface area (TPSA) is 101 Å². The molecule has 3 aromatic heterocycles. The number of halogens is 2. The number of fused-ring (bicyclic) bond motifs is 1. The second-order valence-electron chi connectivity index (χ2n) is 8.22. The van der Waals surface area contributed by atoms with Gasteiger partial charge < -0.3 is 14.8 Å². The Hall–Kier alpha value is -3.50. The van der Waals surface area contributed by atoms with Crippen molar-refractivity contribution in [3.63, 3.8) is 0 Å². The van der Waals surface area contributed by atoms with Crippen LogP contribution in [0.4, 0.5) is 15.9 Å². The summed E-state index contributed by atoms with van der Waals surface area (Å²) in [5, 5.41) is 11.5. The van der Waals surface area contributed by atoms with E-state index in [0.717, 1.165) is 24.5 Å². The van der Waals surface area contributed by atoms with Crippen molar-refractivity contribution in [1.82, 2.24) is 30.0 Å². The largest absolute Gasteiger partial charge is 0.486 e. The Balaban J connectivity index is 1.25. The number of H-pyrrole nitrogens is 1. The lowest BCUT2D eigenvalue weighted by atomic mass is 10.1. The van der Waals surface area contributed by atoms with Crippen LogP contribution in [0.25, 0.3) is 11.0 Å². The predicted molar refractivity (Wildman–Crippen MR) is 131 cm³/mol. The highest BCUT2D eigenvalue weighted by Crippen LogP contribution is 2.33. The Kier molecular flexibility index (Phi) is 7.20. The van der Waals surface area contributed by atoms with Crippen LogP contribution in [0, 0.1) is 0 Å². The van der Waals surface area contributed by atoms with E-state index >= 15 is 0 Å². The summed E-state index contributed by atoms with van der Waals surface area (Å²) in [6, 6.07) is 11.1. The minimum absolute atomic E-state index is 0.321. The fourth-order valence-corrected chi connectivity index (χ4v) is 4.13. The number of ether oxygens (including phenoxy) is 2. The first-order chi connectivity index (χ1) is 17.2. The zero-order valence-corrected chi connectivity index (χ0v) is 19.7. The molecule has 5 rings (SSSR count). The molecule has 1 fully saturated rings. The molecule has 2 N–H and O–H groups in total. The zero-order valence-electron chi connectivity index (χ0n) is 19.0. The van der Waals surface area contributed by atoms with Crippen molar-refractivity contribution in [2.75, 3.05) is 31.6 Å². The highest BCUT2D eigenvalue weighted by Gasteiger charge is 2.19. The van der Waals surface area contributed by atoms with E-state index < -0.39 is 6.17 Å². The van der Waals surface area contributed by atoms with Crippen LogP contribution in [0.1, 0.15) is 18.5 Å². The van der Waals surface area contributed by atoms with Gasteiger partial charge in [-0.3, -0.25) is 15.0 Å². The van der Waals surface area contributed by atoms with E-state index in [9.17, 15) is 4.39 Å². The lowest BCUT2D eigenvalue weighted by Gasteiger charge is -2.28. The molecule has 4 aromatic rings. The number of likely N-dealkylation sites (tertiary alicyclic amines) is 1. The number of anilines is 2. The number of rotatable bonds is 9. The van der Waals surface area contributed by atoms with Gasteiger partial charge in [-0.25, -0.2) is 14.4 Å². The van der Waals surface area contributed by atoms with Crippen molar-refractivity contribution in [1.29, 1.82) is 0 Å². The van der Waals surface area contributed by atoms with Crippen LogP contribution in [-0.4, -0.2) is 62.5 Å². The molecule has 1 aliphatic rings. The average Bonchev–Trinajstić information content (AvgIpc) is 3.29. The molecular formula is C24H25ClFN7O2. The molecular weight excluding hydrogens is 473 g/mol. The maximum absolute atomic E-state index is 13.3. The lowest BCUT2D eigenvalue weighted by Crippen LogP contribution is -2.37. The number of nitrogens with zero attached hydrogens (tertiary/aromatic N) is 5. The van der Waals surface area contributed by atoms with E-state index in [1.807, 2.05) is 24.3 Å². The Morgan fingerprint density at radius 3 is 2.80 bits per heavy atom. The number of pyridine rings is 1. The zero-order chi connectivity index (χ0) is 24.0. The van der Waals surface area contributed by atoms with E-state index in [1.54, 1.807) is 18.3 Å². The smallest absolute Gasteiger partial charge is 0.246 e. The second kappa shape index (κ2) is 10.8. The summed E-state index contributed by atoms with van der Waals surface area (Å²) in [6.07, 6.45) is 3.62. The summed E-state index contributed by atoms with van der Waals surface area (Å²) >= 11 is 6.45. The molecule has 1 aliphatic heterocycles. The maximum atomic E-state index is 13.3. The number of hydrogen-bond donors (Lipinski definition) is 2. The van der Waals surface area contributed by atoms with Gasteiger partial charge >= 0.3 is 0 Å². The quantitative estimate of drug-likeness (QED) is 0.347. The van der Waals surface area contributed by atoms with Crippen molar-refractivity contribution in [2.45, 2.75) is 25.6 Å². The molecule has 0 saturated carbocycles. The van der Waals surface area contributed by atoms with Crippen LogP contribution in [-0.2, 0) is 6.61 Å². The number of nitrogens with one attached hydrogen (secondary N) is 2. The first-order valence-corrected chi connectivity index (χ1v) is 11.8. The molecule has 0 amide bonds. The van der Waals surface area contributed by atoms with Gasteiger partial charge in [-0.2, -0.15) is 0 Å². The molecule has 0 aliphatic carbocycles. The molecule has 11 heteroatoms. The second-order valence-corrected chi connectivity index (χ2v) is 8.63. The molecule has 0 bridgehead atoms. The fourth-order valence-electron chi connectivity index (χ4n) is 3.90. The third-order valence-electron chi connectivity index (χ3n) is 5.78. The summed E-state index contributed by atoms with van der Waals surface area (Å²) in [7, 11) is 0. The van der Waals surface area contributed by atoms with Gasteiger partial charge in [-0.15, -0.1) is 5.10 Å². The summed E-state index contributed by atoms with van der Waals surface area (Å²) in [5.74, 6) is 1.50. The Bertz CT molecular complexity index is 1270. The Morgan fingerprint density at radius 1 is 1.11 bits per heavy atom. The summed E-state index contributed by atoms with van der Waals surface area (Å²) in [4.78, 5) is 15.1. The normalized spacial score (nSPS) is 14.8. The summed E-state index contributed by atoms with van der Waals surface area (Å²) in [6.45, 7) is 2.93. The highest BCUT2D eigenvalue weighted by atomic mass is 35.5. The monoisotopic (exact) mass is 497 g/mol. The van der Waals surface area contributed by atoms with Crippen LogP contribution in [0.15, 0.2) is 48.9 Å². The number of aromatic amines is 1. The van der Waals surface area contributed by atoms with Gasteiger partial charge in [0.2, 0.25) is 5.88 Å². The molecule has 1 saturated heterocycles. The van der Waals surface area contributed by atoms with Gasteiger partial charge in [0.05, 0.1) is 10.7 Å². The number of piperidine rings is 1. The van der Waals surface area contributed by atoms with Crippen LogP contribution in [0.5, 0.6) is 11.6 Å². The van der Waals surface area contributed by atoms with Gasteiger partial charge in [0.1, 0.15) is 42.7 Å². The van der Waals surface area contributed by atoms with Gasteiger partial charge in [0.25, 0.3) is 0 Å². The predicted octanol–water partition coefficient (Wildman–Crippen LogP) is 4.54. The average molecular weight is 498 g/mol. The highest BCUT2D eigenvalue weighted by molar-refractivity contribution is 6.32. The molecule has 1 aromatic carbocycles. The van der Waals surface area contributed by atoms with Crippen LogP contribution in [0.3, 0.4) is 0 Å². The SMILES string of the molecule is FC1CCN(CCOc2n[nH]c3ncnc(Nc4ccc(OCc5ccccn5)c(Cl)c4)c23)CC1. The fraction of sp³-hybridized carbons (Fsp3) is 0.333. The van der Waals surface area contributed by atoms with Crippen molar-refractivity contribution in [3.05, 3.63) is 59.6 Å². The van der Waals surface area contributed by atoms with E-state index in [1.165, 1.54) is 6.33 Å². The van der Waals surface area contributed by atoms with Crippen LogP contribution in [0.2, 0.25) is 5.02 Å². The molecule has 182 valence electrons. The third-order valence-corrected chi connectivity index (χ3v) is 6.08. The Morgan fingerprint density at radius 2 is 2.00 bits per heavy atom. The number of hydrogen-bond acceptors (Lipinski definition) is 8.